The van der Waals surface area contributed by atoms with Crippen LogP contribution in [0.25, 0.3) is 71.6 Å². The zero-order chi connectivity index (χ0) is 33.0. The largest absolute Gasteiger partial charge is 0.458 e. The molecule has 2 nitrogen and oxygen atoms in total. The van der Waals surface area contributed by atoms with Crippen molar-refractivity contribution in [3.8, 4) is 22.3 Å². The smallest absolute Gasteiger partial charge is 0.158 e. The van der Waals surface area contributed by atoms with E-state index in [0.717, 1.165) is 46.6 Å². The van der Waals surface area contributed by atoms with E-state index in [4.69, 9.17) is 4.42 Å². The van der Waals surface area contributed by atoms with Crippen LogP contribution in [0.3, 0.4) is 0 Å². The average Bonchev–Trinajstić information content (AvgIpc) is 3.58. The van der Waals surface area contributed by atoms with Gasteiger partial charge in [0.15, 0.2) is 5.58 Å². The molecule has 0 unspecified atom stereocenters. The predicted octanol–water partition coefficient (Wildman–Crippen LogP) is 13.7. The Kier molecular flexibility index (Phi) is 6.67. The standard InChI is InChI=1S/C48H33NO/c1-3-16-36-32(13-1)15-11-22-39(36)41-20-7-9-24-45(41)49(46-25-12-23-43-42-21-8-10-26-47(42)50-48(43)46)35-29-27-33(28-30-35)44-31-34-14-2-4-17-37(34)38-18-5-6-19-40(38)44/h1-9,11-25,27-31H,10,26H2. The molecule has 0 atom stereocenters. The van der Waals surface area contributed by atoms with Gasteiger partial charge in [-0.3, -0.25) is 0 Å². The first-order valence-electron chi connectivity index (χ1n) is 17.4. The van der Waals surface area contributed by atoms with Crippen LogP contribution in [0.2, 0.25) is 0 Å². The van der Waals surface area contributed by atoms with Crippen LogP contribution in [0.4, 0.5) is 17.1 Å². The minimum Gasteiger partial charge on any atom is -0.458 e. The fraction of sp³-hybridized carbons (Fsp3) is 0.0417. The maximum atomic E-state index is 6.75. The van der Waals surface area contributed by atoms with Crippen molar-refractivity contribution < 1.29 is 4.42 Å². The highest BCUT2D eigenvalue weighted by molar-refractivity contribution is 6.14. The molecule has 2 heteroatoms. The van der Waals surface area contributed by atoms with Crippen LogP contribution in [0.15, 0.2) is 174 Å². The lowest BCUT2D eigenvalue weighted by atomic mass is 9.93. The number of nitrogens with zero attached hydrogens (tertiary/aromatic N) is 1. The van der Waals surface area contributed by atoms with Gasteiger partial charge in [0.1, 0.15) is 5.76 Å². The molecule has 0 saturated carbocycles. The van der Waals surface area contributed by atoms with E-state index in [0.29, 0.717) is 0 Å². The maximum absolute atomic E-state index is 6.75. The molecule has 0 N–H and O–H groups in total. The number of anilines is 3. The Labute approximate surface area is 291 Å². The fourth-order valence-corrected chi connectivity index (χ4v) is 7.98. The van der Waals surface area contributed by atoms with E-state index in [-0.39, 0.29) is 0 Å². The summed E-state index contributed by atoms with van der Waals surface area (Å²) in [5, 5.41) is 8.68. The molecule has 0 spiro atoms. The van der Waals surface area contributed by atoms with Crippen LogP contribution in [-0.2, 0) is 6.42 Å². The van der Waals surface area contributed by atoms with E-state index >= 15 is 0 Å². The van der Waals surface area contributed by atoms with Gasteiger partial charge in [0.05, 0.1) is 11.4 Å². The van der Waals surface area contributed by atoms with Crippen molar-refractivity contribution in [1.29, 1.82) is 0 Å². The number of allylic oxidation sites excluding steroid dienone is 1. The summed E-state index contributed by atoms with van der Waals surface area (Å²) in [6, 6.07) is 59.4. The highest BCUT2D eigenvalue weighted by Crippen LogP contribution is 2.47. The average molecular weight is 640 g/mol. The Morgan fingerprint density at radius 3 is 1.98 bits per heavy atom. The van der Waals surface area contributed by atoms with Gasteiger partial charge in [-0.1, -0.05) is 146 Å². The van der Waals surface area contributed by atoms with Crippen molar-refractivity contribution in [2.45, 2.75) is 12.8 Å². The fourth-order valence-electron chi connectivity index (χ4n) is 7.98. The highest BCUT2D eigenvalue weighted by atomic mass is 16.3. The summed E-state index contributed by atoms with van der Waals surface area (Å²) < 4.78 is 6.75. The van der Waals surface area contributed by atoms with Gasteiger partial charge in [-0.15, -0.1) is 0 Å². The van der Waals surface area contributed by atoms with Crippen LogP contribution in [0, 0.1) is 0 Å². The van der Waals surface area contributed by atoms with E-state index in [1.807, 2.05) is 0 Å². The molecule has 1 heterocycles. The molecule has 236 valence electrons. The van der Waals surface area contributed by atoms with E-state index in [2.05, 4.69) is 181 Å². The lowest BCUT2D eigenvalue weighted by Gasteiger charge is -2.28. The molecule has 0 radical (unpaired) electrons. The maximum Gasteiger partial charge on any atom is 0.158 e. The van der Waals surface area contributed by atoms with E-state index < -0.39 is 0 Å². The van der Waals surface area contributed by atoms with Gasteiger partial charge in [0.25, 0.3) is 0 Å². The Balaban J connectivity index is 1.20. The number of hydrogen-bond donors (Lipinski definition) is 0. The summed E-state index contributed by atoms with van der Waals surface area (Å²) in [7, 11) is 0. The first-order chi connectivity index (χ1) is 24.8. The number of benzene rings is 8. The van der Waals surface area contributed by atoms with Crippen molar-refractivity contribution in [2.75, 3.05) is 4.90 Å². The zero-order valence-corrected chi connectivity index (χ0v) is 27.5. The molecule has 0 saturated heterocycles. The quantitative estimate of drug-likeness (QED) is 0.174. The third kappa shape index (κ3) is 4.57. The third-order valence-electron chi connectivity index (χ3n) is 10.3. The Hall–Kier alpha value is -6.38. The lowest BCUT2D eigenvalue weighted by molar-refractivity contribution is 0.546. The third-order valence-corrected chi connectivity index (χ3v) is 10.3. The van der Waals surface area contributed by atoms with Gasteiger partial charge in [-0.25, -0.2) is 0 Å². The van der Waals surface area contributed by atoms with Gasteiger partial charge in [-0.2, -0.15) is 0 Å². The van der Waals surface area contributed by atoms with Crippen LogP contribution in [-0.4, -0.2) is 0 Å². The highest BCUT2D eigenvalue weighted by Gasteiger charge is 2.24. The molecule has 8 aromatic carbocycles. The summed E-state index contributed by atoms with van der Waals surface area (Å²) in [5.74, 6) is 1.07. The van der Waals surface area contributed by atoms with Crippen molar-refractivity contribution in [2.24, 2.45) is 0 Å². The monoisotopic (exact) mass is 639 g/mol. The predicted molar refractivity (Wildman–Crippen MR) is 212 cm³/mol. The minimum absolute atomic E-state index is 0.918. The van der Waals surface area contributed by atoms with E-state index in [1.165, 1.54) is 60.1 Å². The molecule has 0 amide bonds. The molecule has 0 bridgehead atoms. The van der Waals surface area contributed by atoms with Gasteiger partial charge in [0, 0.05) is 28.6 Å². The first kappa shape index (κ1) is 28.6. The Morgan fingerprint density at radius 1 is 0.460 bits per heavy atom. The van der Waals surface area contributed by atoms with E-state index in [9.17, 15) is 0 Å². The molecule has 1 aliphatic rings. The van der Waals surface area contributed by atoms with Crippen LogP contribution >= 0.6 is 0 Å². The molecule has 1 aliphatic carbocycles. The number of furan rings is 1. The van der Waals surface area contributed by atoms with Crippen molar-refractivity contribution in [3.63, 3.8) is 0 Å². The zero-order valence-electron chi connectivity index (χ0n) is 27.5. The molecule has 1 aromatic heterocycles. The number of aryl methyl sites for hydroxylation is 1. The molecule has 10 rings (SSSR count). The van der Waals surface area contributed by atoms with Gasteiger partial charge in [-0.05, 0) is 85.8 Å². The number of rotatable bonds is 5. The minimum atomic E-state index is 0.918. The normalized spacial score (nSPS) is 12.6. The lowest BCUT2D eigenvalue weighted by Crippen LogP contribution is -2.11. The summed E-state index contributed by atoms with van der Waals surface area (Å²) >= 11 is 0. The topological polar surface area (TPSA) is 16.4 Å². The molecule has 0 aliphatic heterocycles. The Morgan fingerprint density at radius 2 is 1.10 bits per heavy atom. The van der Waals surface area contributed by atoms with Crippen LogP contribution < -0.4 is 4.90 Å². The van der Waals surface area contributed by atoms with Crippen LogP contribution in [0.5, 0.6) is 0 Å². The van der Waals surface area contributed by atoms with Gasteiger partial charge >= 0.3 is 0 Å². The molecular formula is C48H33NO. The molecule has 9 aromatic rings. The van der Waals surface area contributed by atoms with Crippen molar-refractivity contribution >= 4 is 66.4 Å². The number of fused-ring (bicyclic) bond motifs is 7. The number of hydrogen-bond acceptors (Lipinski definition) is 2. The second-order valence-electron chi connectivity index (χ2n) is 13.2. The van der Waals surface area contributed by atoms with Crippen LogP contribution in [0.1, 0.15) is 17.7 Å². The SMILES string of the molecule is C1=Cc2c(oc3c(N(c4ccc(-c5cc6ccccc6c6ccccc56)cc4)c4ccccc4-c4cccc5ccccc45)cccc23)CC1. The first-order valence-corrected chi connectivity index (χ1v) is 17.4. The summed E-state index contributed by atoms with van der Waals surface area (Å²) in [4.78, 5) is 2.39. The van der Waals surface area contributed by atoms with Gasteiger partial charge < -0.3 is 9.32 Å². The van der Waals surface area contributed by atoms with Crippen molar-refractivity contribution in [3.05, 3.63) is 181 Å². The molecule has 50 heavy (non-hydrogen) atoms. The molecular weight excluding hydrogens is 607 g/mol. The van der Waals surface area contributed by atoms with E-state index in [1.54, 1.807) is 0 Å². The second kappa shape index (κ2) is 11.6. The molecule has 0 fully saturated rings. The van der Waals surface area contributed by atoms with Gasteiger partial charge in [0.2, 0.25) is 0 Å². The summed E-state index contributed by atoms with van der Waals surface area (Å²) in [6.45, 7) is 0. The summed E-state index contributed by atoms with van der Waals surface area (Å²) in [6.07, 6.45) is 6.40. The number of para-hydroxylation sites is 2. The van der Waals surface area contributed by atoms with Crippen molar-refractivity contribution in [1.82, 2.24) is 0 Å². The second-order valence-corrected chi connectivity index (χ2v) is 13.2. The summed E-state index contributed by atoms with van der Waals surface area (Å²) in [5.41, 5.74) is 10.1. The Bertz CT molecular complexity index is 2760.